The third-order valence-corrected chi connectivity index (χ3v) is 5.92. The van der Waals surface area contributed by atoms with Gasteiger partial charge in [-0.05, 0) is 54.1 Å². The molecule has 1 N–H and O–H groups in total. The molecule has 0 radical (unpaired) electrons. The van der Waals surface area contributed by atoms with E-state index < -0.39 is 11.0 Å². The lowest BCUT2D eigenvalue weighted by Gasteiger charge is -2.07. The number of Topliss-reactive ketones (excluding diaryl/α,β-unsaturated/α-hetero) is 1. The van der Waals surface area contributed by atoms with E-state index in [-0.39, 0.29) is 40.9 Å². The van der Waals surface area contributed by atoms with Crippen LogP contribution < -0.4 is 25.2 Å². The van der Waals surface area contributed by atoms with Gasteiger partial charge in [-0.25, -0.2) is 4.68 Å². The summed E-state index contributed by atoms with van der Waals surface area (Å²) in [6.45, 7) is 0.0287. The standard InChI is InChI=1S/C27H22N4O6/c1-35-18-7-3-16(4-8-18)14-31-25-24(29-30-31)27(34)28-22-13-20(11-12-21(22)26(25)33)37-15-23(32)17-5-9-19(36-2)10-6-17/h3-13H,14-15H2,1-2H3,(H,28,34). The third kappa shape index (κ3) is 4.76. The van der Waals surface area contributed by atoms with Crippen LogP contribution in [-0.2, 0) is 6.54 Å². The van der Waals surface area contributed by atoms with Crippen LogP contribution in [0.3, 0.4) is 0 Å². The highest BCUT2D eigenvalue weighted by Crippen LogP contribution is 2.19. The summed E-state index contributed by atoms with van der Waals surface area (Å²) in [7, 11) is 3.13. The van der Waals surface area contributed by atoms with Crippen LogP contribution in [0.25, 0.3) is 21.9 Å². The van der Waals surface area contributed by atoms with Crippen molar-refractivity contribution < 1.29 is 19.0 Å². The van der Waals surface area contributed by atoms with Crippen LogP contribution in [0.4, 0.5) is 0 Å². The lowest BCUT2D eigenvalue weighted by Crippen LogP contribution is -2.12. The molecule has 0 saturated heterocycles. The van der Waals surface area contributed by atoms with E-state index in [0.717, 1.165) is 5.56 Å². The third-order valence-electron chi connectivity index (χ3n) is 5.92. The number of nitrogens with zero attached hydrogens (tertiary/aromatic N) is 3. The zero-order valence-electron chi connectivity index (χ0n) is 20.1. The number of H-pyrrole nitrogens is 1. The molecule has 0 aliphatic carbocycles. The summed E-state index contributed by atoms with van der Waals surface area (Å²) in [5, 5.41) is 8.26. The number of ether oxygens (including phenoxy) is 3. The van der Waals surface area contributed by atoms with Crippen LogP contribution in [0.1, 0.15) is 15.9 Å². The second kappa shape index (κ2) is 9.94. The minimum Gasteiger partial charge on any atom is -0.497 e. The Hall–Kier alpha value is -4.99. The van der Waals surface area contributed by atoms with Crippen molar-refractivity contribution in [3.05, 3.63) is 98.4 Å². The zero-order chi connectivity index (χ0) is 25.9. The molecule has 0 fully saturated rings. The van der Waals surface area contributed by atoms with E-state index in [9.17, 15) is 14.4 Å². The maximum Gasteiger partial charge on any atom is 0.278 e. The Kier molecular flexibility index (Phi) is 6.38. The van der Waals surface area contributed by atoms with E-state index in [0.29, 0.717) is 22.8 Å². The minimum absolute atomic E-state index is 0.0631. The Morgan fingerprint density at radius 3 is 2.22 bits per heavy atom. The maximum absolute atomic E-state index is 13.4. The number of benzene rings is 3. The predicted octanol–water partition coefficient (Wildman–Crippen LogP) is 2.96. The van der Waals surface area contributed by atoms with Gasteiger partial charge < -0.3 is 19.2 Å². The van der Waals surface area contributed by atoms with Crippen molar-refractivity contribution in [3.8, 4) is 17.2 Å². The summed E-state index contributed by atoms with van der Waals surface area (Å²) in [6.07, 6.45) is 0. The first-order valence-electron chi connectivity index (χ1n) is 11.3. The largest absolute Gasteiger partial charge is 0.497 e. The summed E-state index contributed by atoms with van der Waals surface area (Å²) < 4.78 is 17.3. The first-order chi connectivity index (χ1) is 18.0. The molecular formula is C27H22N4O6. The van der Waals surface area contributed by atoms with Crippen molar-refractivity contribution in [2.45, 2.75) is 6.54 Å². The van der Waals surface area contributed by atoms with Crippen LogP contribution in [0.15, 0.2) is 76.3 Å². The molecule has 0 bridgehead atoms. The number of nitrogens with one attached hydrogen (secondary N) is 1. The first-order valence-corrected chi connectivity index (χ1v) is 11.3. The fourth-order valence-corrected chi connectivity index (χ4v) is 3.94. The van der Waals surface area contributed by atoms with Crippen LogP contribution in [0.5, 0.6) is 17.2 Å². The second-order valence-electron chi connectivity index (χ2n) is 8.22. The molecular weight excluding hydrogens is 476 g/mol. The molecule has 2 heterocycles. The Morgan fingerprint density at radius 1 is 0.892 bits per heavy atom. The SMILES string of the molecule is COc1ccc(Cn2nnc3c(=O)[nH]c4cc(OCC(=O)c5ccc(OC)cc5)ccc4c(=O)c32)cc1. The van der Waals surface area contributed by atoms with Gasteiger partial charge >= 0.3 is 0 Å². The van der Waals surface area contributed by atoms with Crippen molar-refractivity contribution >= 4 is 27.7 Å². The van der Waals surface area contributed by atoms with Gasteiger partial charge in [0.25, 0.3) is 5.56 Å². The van der Waals surface area contributed by atoms with Crippen molar-refractivity contribution in [2.75, 3.05) is 20.8 Å². The predicted molar refractivity (Wildman–Crippen MR) is 137 cm³/mol. The van der Waals surface area contributed by atoms with Crippen LogP contribution in [0, 0.1) is 0 Å². The molecule has 0 saturated carbocycles. The Labute approximate surface area is 210 Å². The Bertz CT molecular complexity index is 1720. The molecule has 10 heteroatoms. The van der Waals surface area contributed by atoms with Crippen LogP contribution >= 0.6 is 0 Å². The summed E-state index contributed by atoms with van der Waals surface area (Å²) >= 11 is 0. The summed E-state index contributed by atoms with van der Waals surface area (Å²) in [5.74, 6) is 1.45. The number of aromatic amines is 1. The lowest BCUT2D eigenvalue weighted by molar-refractivity contribution is 0.0921. The summed E-state index contributed by atoms with van der Waals surface area (Å²) in [6, 6.07) is 18.6. The van der Waals surface area contributed by atoms with Gasteiger partial charge in [-0.3, -0.25) is 14.4 Å². The van der Waals surface area contributed by atoms with Gasteiger partial charge in [0.15, 0.2) is 17.9 Å². The average Bonchev–Trinajstić information content (AvgIpc) is 3.31. The van der Waals surface area contributed by atoms with Gasteiger partial charge in [0.05, 0.1) is 26.3 Å². The van der Waals surface area contributed by atoms with Gasteiger partial charge in [0, 0.05) is 17.0 Å². The molecule has 0 aliphatic heterocycles. The van der Waals surface area contributed by atoms with Crippen LogP contribution in [0.2, 0.25) is 0 Å². The number of fused-ring (bicyclic) bond motifs is 2. The van der Waals surface area contributed by atoms with Gasteiger partial charge in [-0.1, -0.05) is 17.3 Å². The number of hydrogen-bond acceptors (Lipinski definition) is 8. The number of carbonyl (C=O) groups is 1. The quantitative estimate of drug-likeness (QED) is 0.324. The van der Waals surface area contributed by atoms with Gasteiger partial charge in [-0.15, -0.1) is 5.10 Å². The maximum atomic E-state index is 13.4. The average molecular weight is 498 g/mol. The van der Waals surface area contributed by atoms with E-state index >= 15 is 0 Å². The molecule has 0 atom stereocenters. The van der Waals surface area contributed by atoms with Crippen molar-refractivity contribution in [1.29, 1.82) is 0 Å². The number of rotatable bonds is 8. The second-order valence-corrected chi connectivity index (χ2v) is 8.22. The van der Waals surface area contributed by atoms with E-state index in [1.54, 1.807) is 62.8 Å². The number of carbonyl (C=O) groups excluding carboxylic acids is 1. The fraction of sp³-hybridized carbons (Fsp3) is 0.148. The monoisotopic (exact) mass is 498 g/mol. The lowest BCUT2D eigenvalue weighted by atomic mass is 10.1. The molecule has 5 rings (SSSR count). The highest BCUT2D eigenvalue weighted by molar-refractivity contribution is 5.97. The molecule has 0 amide bonds. The van der Waals surface area contributed by atoms with Gasteiger partial charge in [0.1, 0.15) is 22.8 Å². The fourth-order valence-electron chi connectivity index (χ4n) is 3.94. The van der Waals surface area contributed by atoms with E-state index in [1.807, 2.05) is 12.1 Å². The number of aromatic nitrogens is 4. The van der Waals surface area contributed by atoms with E-state index in [4.69, 9.17) is 14.2 Å². The number of methoxy groups -OCH3 is 2. The molecule has 186 valence electrons. The van der Waals surface area contributed by atoms with Crippen molar-refractivity contribution in [3.63, 3.8) is 0 Å². The first kappa shape index (κ1) is 23.7. The minimum atomic E-state index is -0.561. The van der Waals surface area contributed by atoms with Crippen molar-refractivity contribution in [2.24, 2.45) is 0 Å². The Morgan fingerprint density at radius 2 is 1.54 bits per heavy atom. The molecule has 37 heavy (non-hydrogen) atoms. The molecule has 0 unspecified atom stereocenters. The van der Waals surface area contributed by atoms with Gasteiger partial charge in [0.2, 0.25) is 5.43 Å². The smallest absolute Gasteiger partial charge is 0.278 e. The highest BCUT2D eigenvalue weighted by atomic mass is 16.5. The number of ketones is 1. The Balaban J connectivity index is 1.45. The van der Waals surface area contributed by atoms with Gasteiger partial charge in [-0.2, -0.15) is 0 Å². The van der Waals surface area contributed by atoms with E-state index in [1.165, 1.54) is 10.7 Å². The molecule has 3 aromatic carbocycles. The normalized spacial score (nSPS) is 11.0. The number of hydrogen-bond donors (Lipinski definition) is 1. The molecule has 2 aromatic heterocycles. The molecule has 5 aromatic rings. The molecule has 0 aliphatic rings. The molecule has 0 spiro atoms. The zero-order valence-corrected chi connectivity index (χ0v) is 20.1. The van der Waals surface area contributed by atoms with Crippen molar-refractivity contribution in [1.82, 2.24) is 20.0 Å². The summed E-state index contributed by atoms with van der Waals surface area (Å²) in [4.78, 5) is 41.5. The van der Waals surface area contributed by atoms with E-state index in [2.05, 4.69) is 15.3 Å². The van der Waals surface area contributed by atoms with Crippen LogP contribution in [-0.4, -0.2) is 46.6 Å². The molecule has 10 nitrogen and oxygen atoms in total. The summed E-state index contributed by atoms with van der Waals surface area (Å²) in [5.41, 5.74) is 0.663. The topological polar surface area (TPSA) is 125 Å². The highest BCUT2D eigenvalue weighted by Gasteiger charge is 2.15.